The van der Waals surface area contributed by atoms with Crippen LogP contribution in [0.2, 0.25) is 0 Å². The number of aromatic nitrogens is 3. The lowest BCUT2D eigenvalue weighted by Crippen LogP contribution is -2.38. The molecule has 0 aliphatic carbocycles. The zero-order chi connectivity index (χ0) is 21.5. The Kier molecular flexibility index (Phi) is 8.21. The lowest BCUT2D eigenvalue weighted by atomic mass is 10.1. The number of ether oxygens (including phenoxy) is 3. The van der Waals surface area contributed by atoms with E-state index in [1.54, 1.807) is 0 Å². The highest BCUT2D eigenvalue weighted by molar-refractivity contribution is 5.90. The van der Waals surface area contributed by atoms with E-state index in [-0.39, 0.29) is 6.10 Å². The van der Waals surface area contributed by atoms with Crippen molar-refractivity contribution < 1.29 is 14.2 Å². The molecule has 1 saturated heterocycles. The first kappa shape index (κ1) is 22.7. The zero-order valence-electron chi connectivity index (χ0n) is 18.7. The summed E-state index contributed by atoms with van der Waals surface area (Å²) in [4.78, 5) is 11.7. The van der Waals surface area contributed by atoms with E-state index in [1.165, 1.54) is 0 Å². The van der Waals surface area contributed by atoms with Crippen molar-refractivity contribution >= 4 is 22.9 Å². The quantitative estimate of drug-likeness (QED) is 0.636. The summed E-state index contributed by atoms with van der Waals surface area (Å²) in [6.45, 7) is 12.3. The number of anilines is 1. The van der Waals surface area contributed by atoms with Crippen LogP contribution < -0.4 is 5.73 Å². The minimum Gasteiger partial charge on any atom is -0.382 e. The van der Waals surface area contributed by atoms with E-state index >= 15 is 0 Å². The molecular formula is C22H35N5O3. The molecule has 166 valence electrons. The fraction of sp³-hybridized carbons (Fsp3) is 0.636. The summed E-state index contributed by atoms with van der Waals surface area (Å²) in [5.74, 6) is 1.27. The maximum absolute atomic E-state index is 6.29. The van der Waals surface area contributed by atoms with E-state index < -0.39 is 0 Å². The number of imidazole rings is 1. The SMILES string of the molecule is CC/C=C\c1nc(N)c2nc(COCC)n(C)c2c1C(C)OCCN1CCOCC1. The van der Waals surface area contributed by atoms with Crippen LogP contribution >= 0.6 is 0 Å². The normalized spacial score (nSPS) is 16.7. The number of pyridine rings is 1. The number of hydrogen-bond donors (Lipinski definition) is 1. The number of aryl methyl sites for hydroxylation is 1. The van der Waals surface area contributed by atoms with E-state index in [9.17, 15) is 0 Å². The van der Waals surface area contributed by atoms with Crippen LogP contribution in [0.15, 0.2) is 6.08 Å². The molecule has 0 spiro atoms. The standard InChI is InChI=1S/C22H35N5O3/c1-5-7-8-17-19(16(3)30-14-11-27-9-12-29-13-10-27)21-20(22(23)24-17)25-18(26(21)4)15-28-6-2/h7-8,16H,5-6,9-15H2,1-4H3,(H2,23,24)/b8-7-. The van der Waals surface area contributed by atoms with Crippen molar-refractivity contribution in [2.45, 2.75) is 39.9 Å². The lowest BCUT2D eigenvalue weighted by Gasteiger charge is -2.27. The van der Waals surface area contributed by atoms with E-state index in [2.05, 4.69) is 34.4 Å². The average Bonchev–Trinajstić information content (AvgIpc) is 3.08. The van der Waals surface area contributed by atoms with Crippen LogP contribution in [0.25, 0.3) is 17.1 Å². The molecule has 3 heterocycles. The monoisotopic (exact) mass is 417 g/mol. The molecule has 0 saturated carbocycles. The number of morpholine rings is 1. The van der Waals surface area contributed by atoms with Gasteiger partial charge in [0.15, 0.2) is 5.82 Å². The van der Waals surface area contributed by atoms with Crippen molar-refractivity contribution in [1.29, 1.82) is 0 Å². The van der Waals surface area contributed by atoms with Crippen molar-refractivity contribution in [2.24, 2.45) is 7.05 Å². The molecule has 1 unspecified atom stereocenters. The van der Waals surface area contributed by atoms with Crippen molar-refractivity contribution in [3.8, 4) is 0 Å². The molecule has 1 fully saturated rings. The van der Waals surface area contributed by atoms with Crippen LogP contribution in [0.4, 0.5) is 5.82 Å². The first-order chi connectivity index (χ1) is 14.6. The molecule has 1 aliphatic rings. The minimum atomic E-state index is -0.145. The molecule has 8 heteroatoms. The van der Waals surface area contributed by atoms with Gasteiger partial charge < -0.3 is 24.5 Å². The Morgan fingerprint density at radius 2 is 2.00 bits per heavy atom. The first-order valence-electron chi connectivity index (χ1n) is 10.9. The van der Waals surface area contributed by atoms with Gasteiger partial charge in [0, 0.05) is 38.9 Å². The molecule has 0 bridgehead atoms. The number of allylic oxidation sites excluding steroid dienone is 1. The van der Waals surface area contributed by atoms with Gasteiger partial charge in [0.25, 0.3) is 0 Å². The number of nitrogens with zero attached hydrogens (tertiary/aromatic N) is 4. The Morgan fingerprint density at radius 3 is 2.70 bits per heavy atom. The molecule has 3 rings (SSSR count). The number of fused-ring (bicyclic) bond motifs is 1. The molecule has 2 aromatic heterocycles. The Bertz CT molecular complexity index is 858. The number of rotatable bonds is 10. The highest BCUT2D eigenvalue weighted by Crippen LogP contribution is 2.33. The second-order valence-electron chi connectivity index (χ2n) is 7.50. The van der Waals surface area contributed by atoms with Gasteiger partial charge in [-0.3, -0.25) is 4.90 Å². The Hall–Kier alpha value is -2.00. The summed E-state index contributed by atoms with van der Waals surface area (Å²) < 4.78 is 19.3. The molecule has 30 heavy (non-hydrogen) atoms. The smallest absolute Gasteiger partial charge is 0.152 e. The average molecular weight is 418 g/mol. The summed E-state index contributed by atoms with van der Waals surface area (Å²) in [6.07, 6.45) is 4.90. The molecule has 2 aromatic rings. The molecule has 0 amide bonds. The highest BCUT2D eigenvalue weighted by Gasteiger charge is 2.23. The third-order valence-electron chi connectivity index (χ3n) is 5.43. The van der Waals surface area contributed by atoms with Crippen LogP contribution in [-0.2, 0) is 27.9 Å². The van der Waals surface area contributed by atoms with Crippen LogP contribution in [-0.4, -0.2) is 65.5 Å². The van der Waals surface area contributed by atoms with Crippen LogP contribution in [0.5, 0.6) is 0 Å². The molecule has 0 radical (unpaired) electrons. The number of nitrogens with two attached hydrogens (primary N) is 1. The summed E-state index contributed by atoms with van der Waals surface area (Å²) in [7, 11) is 2.00. The fourth-order valence-corrected chi connectivity index (χ4v) is 3.74. The van der Waals surface area contributed by atoms with Gasteiger partial charge in [-0.05, 0) is 26.3 Å². The number of nitrogen functional groups attached to an aromatic ring is 1. The summed E-state index contributed by atoms with van der Waals surface area (Å²) >= 11 is 0. The topological polar surface area (TPSA) is 87.7 Å². The van der Waals surface area contributed by atoms with Gasteiger partial charge in [0.05, 0.1) is 37.1 Å². The largest absolute Gasteiger partial charge is 0.382 e. The van der Waals surface area contributed by atoms with Crippen LogP contribution in [0, 0.1) is 0 Å². The summed E-state index contributed by atoms with van der Waals surface area (Å²) in [5.41, 5.74) is 9.81. The lowest BCUT2D eigenvalue weighted by molar-refractivity contribution is 0.00560. The van der Waals surface area contributed by atoms with E-state index in [1.807, 2.05) is 20.0 Å². The van der Waals surface area contributed by atoms with Crippen LogP contribution in [0.3, 0.4) is 0 Å². The molecule has 0 aromatic carbocycles. The Balaban J connectivity index is 1.91. The highest BCUT2D eigenvalue weighted by atomic mass is 16.5. The van der Waals surface area contributed by atoms with Gasteiger partial charge >= 0.3 is 0 Å². The first-order valence-corrected chi connectivity index (χ1v) is 10.9. The Labute approximate surface area is 179 Å². The van der Waals surface area contributed by atoms with Gasteiger partial charge in [-0.2, -0.15) is 0 Å². The van der Waals surface area contributed by atoms with Gasteiger partial charge in [-0.15, -0.1) is 0 Å². The number of hydrogen-bond acceptors (Lipinski definition) is 7. The fourth-order valence-electron chi connectivity index (χ4n) is 3.74. The maximum atomic E-state index is 6.29. The van der Waals surface area contributed by atoms with Crippen LogP contribution in [0.1, 0.15) is 50.4 Å². The second-order valence-corrected chi connectivity index (χ2v) is 7.50. The van der Waals surface area contributed by atoms with Gasteiger partial charge in [-0.25, -0.2) is 9.97 Å². The van der Waals surface area contributed by atoms with Gasteiger partial charge in [0.2, 0.25) is 0 Å². The van der Waals surface area contributed by atoms with Gasteiger partial charge in [0.1, 0.15) is 17.9 Å². The van der Waals surface area contributed by atoms with E-state index in [0.29, 0.717) is 31.2 Å². The molecular weight excluding hydrogens is 382 g/mol. The third-order valence-corrected chi connectivity index (χ3v) is 5.43. The third kappa shape index (κ3) is 5.18. The minimum absolute atomic E-state index is 0.145. The van der Waals surface area contributed by atoms with Crippen molar-refractivity contribution in [1.82, 2.24) is 19.4 Å². The summed E-state index contributed by atoms with van der Waals surface area (Å²) in [5, 5.41) is 0. The molecule has 1 aliphatic heterocycles. The predicted molar refractivity (Wildman–Crippen MR) is 119 cm³/mol. The maximum Gasteiger partial charge on any atom is 0.152 e. The van der Waals surface area contributed by atoms with Crippen molar-refractivity contribution in [3.63, 3.8) is 0 Å². The molecule has 1 atom stereocenters. The van der Waals surface area contributed by atoms with Gasteiger partial charge in [-0.1, -0.05) is 13.0 Å². The predicted octanol–water partition coefficient (Wildman–Crippen LogP) is 2.92. The van der Waals surface area contributed by atoms with E-state index in [0.717, 1.165) is 61.9 Å². The zero-order valence-corrected chi connectivity index (χ0v) is 18.7. The van der Waals surface area contributed by atoms with Crippen molar-refractivity contribution in [2.75, 3.05) is 51.8 Å². The van der Waals surface area contributed by atoms with Crippen molar-refractivity contribution in [3.05, 3.63) is 23.2 Å². The Morgan fingerprint density at radius 1 is 1.23 bits per heavy atom. The van der Waals surface area contributed by atoms with E-state index in [4.69, 9.17) is 24.9 Å². The molecule has 2 N–H and O–H groups in total. The second kappa shape index (κ2) is 10.9. The molecule has 8 nitrogen and oxygen atoms in total. The summed E-state index contributed by atoms with van der Waals surface area (Å²) in [6, 6.07) is 0.